The molecule has 1 aromatic heterocycles. The van der Waals surface area contributed by atoms with Gasteiger partial charge in [-0.15, -0.1) is 0 Å². The molecule has 5 nitrogen and oxygen atoms in total. The number of rotatable bonds is 6. The Kier molecular flexibility index (Phi) is 4.40. The SMILES string of the molecule is COCCN(c1nc[nH]c(=O)c1Br)C(C)C1CC1. The Morgan fingerprint density at radius 1 is 1.67 bits per heavy atom. The van der Waals surface area contributed by atoms with Crippen molar-refractivity contribution in [2.75, 3.05) is 25.2 Å². The highest BCUT2D eigenvalue weighted by molar-refractivity contribution is 9.10. The van der Waals surface area contributed by atoms with Crippen molar-refractivity contribution < 1.29 is 4.74 Å². The van der Waals surface area contributed by atoms with Gasteiger partial charge in [0.25, 0.3) is 5.56 Å². The van der Waals surface area contributed by atoms with Crippen LogP contribution in [0.4, 0.5) is 5.82 Å². The van der Waals surface area contributed by atoms with E-state index in [9.17, 15) is 4.79 Å². The van der Waals surface area contributed by atoms with Crippen molar-refractivity contribution >= 4 is 21.7 Å². The molecule has 1 aliphatic rings. The van der Waals surface area contributed by atoms with Crippen LogP contribution in [-0.4, -0.2) is 36.3 Å². The van der Waals surface area contributed by atoms with Gasteiger partial charge in [0.15, 0.2) is 5.82 Å². The van der Waals surface area contributed by atoms with Gasteiger partial charge in [0.1, 0.15) is 4.47 Å². The summed E-state index contributed by atoms with van der Waals surface area (Å²) in [4.78, 5) is 20.6. The van der Waals surface area contributed by atoms with Crippen LogP contribution in [0, 0.1) is 5.92 Å². The first kappa shape index (κ1) is 13.5. The molecule has 1 heterocycles. The van der Waals surface area contributed by atoms with Gasteiger partial charge in [-0.3, -0.25) is 4.79 Å². The molecule has 2 rings (SSSR count). The third-order valence-corrected chi connectivity index (χ3v) is 4.10. The minimum Gasteiger partial charge on any atom is -0.383 e. The molecule has 0 amide bonds. The molecule has 1 unspecified atom stereocenters. The number of ether oxygens (including phenoxy) is 1. The number of anilines is 1. The Bertz CT molecular complexity index is 459. The summed E-state index contributed by atoms with van der Waals surface area (Å²) >= 11 is 3.32. The lowest BCUT2D eigenvalue weighted by atomic mass is 10.2. The molecule has 0 aromatic carbocycles. The van der Waals surface area contributed by atoms with E-state index in [2.05, 4.69) is 37.7 Å². The number of H-pyrrole nitrogens is 1. The number of aromatic amines is 1. The number of nitrogens with zero attached hydrogens (tertiary/aromatic N) is 2. The molecule has 1 aromatic rings. The first-order valence-corrected chi connectivity index (χ1v) is 6.93. The Labute approximate surface area is 115 Å². The molecule has 18 heavy (non-hydrogen) atoms. The Morgan fingerprint density at radius 2 is 2.39 bits per heavy atom. The minimum atomic E-state index is -0.148. The van der Waals surface area contributed by atoms with Crippen molar-refractivity contribution in [2.24, 2.45) is 5.92 Å². The van der Waals surface area contributed by atoms with Crippen LogP contribution in [0.25, 0.3) is 0 Å². The van der Waals surface area contributed by atoms with Crippen molar-refractivity contribution in [3.63, 3.8) is 0 Å². The summed E-state index contributed by atoms with van der Waals surface area (Å²) in [5.74, 6) is 1.41. The van der Waals surface area contributed by atoms with Gasteiger partial charge >= 0.3 is 0 Å². The molecule has 1 atom stereocenters. The molecule has 0 saturated heterocycles. The second-order valence-electron chi connectivity index (χ2n) is 4.63. The van der Waals surface area contributed by atoms with Crippen molar-refractivity contribution in [3.05, 3.63) is 21.2 Å². The van der Waals surface area contributed by atoms with Gasteiger partial charge in [0.2, 0.25) is 0 Å². The molecule has 0 bridgehead atoms. The van der Waals surface area contributed by atoms with Crippen LogP contribution in [0.15, 0.2) is 15.6 Å². The normalized spacial score (nSPS) is 16.6. The van der Waals surface area contributed by atoms with Gasteiger partial charge in [-0.1, -0.05) is 0 Å². The molecule has 0 spiro atoms. The van der Waals surface area contributed by atoms with Gasteiger partial charge in [0, 0.05) is 19.7 Å². The maximum absolute atomic E-state index is 11.6. The molecular weight excluding hydrogens is 298 g/mol. The van der Waals surface area contributed by atoms with E-state index >= 15 is 0 Å². The fourth-order valence-corrected chi connectivity index (χ4v) is 2.54. The topological polar surface area (TPSA) is 58.2 Å². The van der Waals surface area contributed by atoms with Gasteiger partial charge in [-0.2, -0.15) is 0 Å². The molecule has 1 saturated carbocycles. The van der Waals surface area contributed by atoms with E-state index in [1.807, 2.05) is 0 Å². The zero-order valence-electron chi connectivity index (χ0n) is 10.6. The van der Waals surface area contributed by atoms with E-state index in [1.165, 1.54) is 19.2 Å². The van der Waals surface area contributed by atoms with Crippen molar-refractivity contribution in [1.29, 1.82) is 0 Å². The van der Waals surface area contributed by atoms with Crippen LogP contribution >= 0.6 is 15.9 Å². The van der Waals surface area contributed by atoms with Gasteiger partial charge in [-0.05, 0) is 41.6 Å². The minimum absolute atomic E-state index is 0.148. The third-order valence-electron chi connectivity index (χ3n) is 3.38. The second-order valence-corrected chi connectivity index (χ2v) is 5.43. The lowest BCUT2D eigenvalue weighted by molar-refractivity contribution is 0.202. The first-order chi connectivity index (χ1) is 8.65. The zero-order chi connectivity index (χ0) is 13.1. The number of methoxy groups -OCH3 is 1. The Balaban J connectivity index is 2.26. The second kappa shape index (κ2) is 5.84. The fourth-order valence-electron chi connectivity index (χ4n) is 2.10. The van der Waals surface area contributed by atoms with Crippen LogP contribution in [-0.2, 0) is 4.74 Å². The lowest BCUT2D eigenvalue weighted by Gasteiger charge is -2.30. The number of hydrogen-bond donors (Lipinski definition) is 1. The van der Waals surface area contributed by atoms with E-state index in [4.69, 9.17) is 4.74 Å². The van der Waals surface area contributed by atoms with E-state index < -0.39 is 0 Å². The molecule has 0 aliphatic heterocycles. The fraction of sp³-hybridized carbons (Fsp3) is 0.667. The average molecular weight is 316 g/mol. The average Bonchev–Trinajstić information content (AvgIpc) is 3.18. The molecule has 6 heteroatoms. The largest absolute Gasteiger partial charge is 0.383 e. The summed E-state index contributed by atoms with van der Waals surface area (Å²) in [5.41, 5.74) is -0.148. The highest BCUT2D eigenvalue weighted by Gasteiger charge is 2.33. The Hall–Kier alpha value is -0.880. The van der Waals surface area contributed by atoms with Crippen molar-refractivity contribution in [3.8, 4) is 0 Å². The summed E-state index contributed by atoms with van der Waals surface area (Å²) in [6, 6.07) is 0.380. The van der Waals surface area contributed by atoms with Gasteiger partial charge in [0.05, 0.1) is 12.9 Å². The monoisotopic (exact) mass is 315 g/mol. The maximum Gasteiger partial charge on any atom is 0.267 e. The first-order valence-electron chi connectivity index (χ1n) is 6.14. The van der Waals surface area contributed by atoms with E-state index in [0.717, 1.165) is 6.54 Å². The summed E-state index contributed by atoms with van der Waals surface area (Å²) in [6.07, 6.45) is 3.96. The molecule has 0 radical (unpaired) electrons. The van der Waals surface area contributed by atoms with Crippen LogP contribution < -0.4 is 10.5 Å². The quantitative estimate of drug-likeness (QED) is 0.869. The molecule has 1 N–H and O–H groups in total. The van der Waals surface area contributed by atoms with Crippen LogP contribution in [0.2, 0.25) is 0 Å². The van der Waals surface area contributed by atoms with Gasteiger partial charge in [-0.25, -0.2) is 4.98 Å². The van der Waals surface area contributed by atoms with E-state index in [0.29, 0.717) is 28.9 Å². The molecular formula is C12H18BrN3O2. The Morgan fingerprint density at radius 3 is 3.00 bits per heavy atom. The molecule has 1 fully saturated rings. The number of nitrogens with one attached hydrogen (secondary N) is 1. The molecule has 100 valence electrons. The smallest absolute Gasteiger partial charge is 0.267 e. The van der Waals surface area contributed by atoms with Crippen LogP contribution in [0.1, 0.15) is 19.8 Å². The van der Waals surface area contributed by atoms with Gasteiger partial charge < -0.3 is 14.6 Å². The summed E-state index contributed by atoms with van der Waals surface area (Å²) in [6.45, 7) is 3.55. The van der Waals surface area contributed by atoms with Crippen LogP contribution in [0.5, 0.6) is 0 Å². The highest BCUT2D eigenvalue weighted by Crippen LogP contribution is 2.37. The predicted molar refractivity (Wildman–Crippen MR) is 74.0 cm³/mol. The lowest BCUT2D eigenvalue weighted by Crippen LogP contribution is -2.39. The maximum atomic E-state index is 11.6. The van der Waals surface area contributed by atoms with Crippen molar-refractivity contribution in [1.82, 2.24) is 9.97 Å². The molecule has 1 aliphatic carbocycles. The van der Waals surface area contributed by atoms with Crippen LogP contribution in [0.3, 0.4) is 0 Å². The number of halogens is 1. The summed E-state index contributed by atoms with van der Waals surface area (Å²) in [7, 11) is 1.68. The third kappa shape index (κ3) is 2.92. The van der Waals surface area contributed by atoms with Crippen molar-refractivity contribution in [2.45, 2.75) is 25.8 Å². The van der Waals surface area contributed by atoms with E-state index in [-0.39, 0.29) is 5.56 Å². The summed E-state index contributed by atoms with van der Waals surface area (Å²) in [5, 5.41) is 0. The number of aromatic nitrogens is 2. The zero-order valence-corrected chi connectivity index (χ0v) is 12.2. The summed E-state index contributed by atoms with van der Waals surface area (Å²) < 4.78 is 5.64. The highest BCUT2D eigenvalue weighted by atomic mass is 79.9. The predicted octanol–water partition coefficient (Wildman–Crippen LogP) is 1.78. The van der Waals surface area contributed by atoms with E-state index in [1.54, 1.807) is 7.11 Å². The number of hydrogen-bond acceptors (Lipinski definition) is 4. The standard InChI is InChI=1S/C12H18BrN3O2/c1-8(9-3-4-9)16(5-6-18-2)11-10(13)12(17)15-7-14-11/h7-9H,3-6H2,1-2H3,(H,14,15,17).